The maximum Gasteiger partial charge on any atom is 0.410 e. The van der Waals surface area contributed by atoms with Crippen molar-refractivity contribution in [2.45, 2.75) is 70.6 Å². The molecule has 4 aromatic rings. The molecule has 2 aliphatic carbocycles. The number of benzene rings is 3. The van der Waals surface area contributed by atoms with Crippen molar-refractivity contribution in [2.24, 2.45) is 5.92 Å². The Morgan fingerprint density at radius 1 is 0.977 bits per heavy atom. The molecule has 2 N–H and O–H groups in total. The van der Waals surface area contributed by atoms with Crippen molar-refractivity contribution in [1.82, 2.24) is 9.88 Å². The van der Waals surface area contributed by atoms with Crippen molar-refractivity contribution in [3.8, 4) is 11.3 Å². The molecule has 2 atom stereocenters. The van der Waals surface area contributed by atoms with E-state index in [2.05, 4.69) is 28.5 Å². The lowest BCUT2D eigenvalue weighted by Gasteiger charge is -2.38. The van der Waals surface area contributed by atoms with Crippen molar-refractivity contribution < 1.29 is 23.9 Å². The molecule has 2 fully saturated rings. The van der Waals surface area contributed by atoms with Crippen molar-refractivity contribution >= 4 is 34.6 Å². The number of esters is 1. The molecule has 3 aromatic carbocycles. The van der Waals surface area contributed by atoms with Crippen molar-refractivity contribution in [1.29, 1.82) is 0 Å². The van der Waals surface area contributed by atoms with Crippen LogP contribution in [0, 0.1) is 5.92 Å². The molecule has 8 nitrogen and oxygen atoms in total. The Morgan fingerprint density at radius 2 is 1.75 bits per heavy atom. The molecule has 6 rings (SSSR count). The fraction of sp³-hybridized carbons (Fsp3) is 0.361. The van der Waals surface area contributed by atoms with Crippen molar-refractivity contribution in [2.75, 3.05) is 12.4 Å². The number of nitrogens with zero attached hydrogens (tertiary/aromatic N) is 1. The fourth-order valence-corrected chi connectivity index (χ4v) is 5.93. The number of carbonyl (C=O) groups is 3. The molecule has 8 heteroatoms. The number of aromatic nitrogens is 1. The van der Waals surface area contributed by atoms with Crippen LogP contribution >= 0.6 is 0 Å². The fourth-order valence-electron chi connectivity index (χ4n) is 5.93. The molecule has 44 heavy (non-hydrogen) atoms. The average molecular weight is 594 g/mol. The van der Waals surface area contributed by atoms with Crippen LogP contribution in [0.3, 0.4) is 0 Å². The van der Waals surface area contributed by atoms with E-state index in [1.165, 1.54) is 7.11 Å². The third-order valence-electron chi connectivity index (χ3n) is 8.50. The lowest BCUT2D eigenvalue weighted by molar-refractivity contribution is -0.117. The Morgan fingerprint density at radius 3 is 2.43 bits per heavy atom. The molecule has 1 aromatic heterocycles. The maximum atomic E-state index is 13.1. The molecule has 0 spiro atoms. The van der Waals surface area contributed by atoms with Gasteiger partial charge < -0.3 is 24.7 Å². The van der Waals surface area contributed by atoms with Gasteiger partial charge in [0, 0.05) is 40.8 Å². The summed E-state index contributed by atoms with van der Waals surface area (Å²) in [6.07, 6.45) is 3.57. The number of hydrogen-bond acceptors (Lipinski definition) is 5. The van der Waals surface area contributed by atoms with E-state index in [4.69, 9.17) is 9.47 Å². The van der Waals surface area contributed by atoms with Crippen molar-refractivity contribution in [3.05, 3.63) is 89.5 Å². The third-order valence-corrected chi connectivity index (χ3v) is 8.50. The number of nitrogens with one attached hydrogen (secondary N) is 2. The minimum absolute atomic E-state index is 0.0606. The number of aromatic amines is 1. The normalized spacial score (nSPS) is 17.9. The predicted octanol–water partition coefficient (Wildman–Crippen LogP) is 7.65. The van der Waals surface area contributed by atoms with Gasteiger partial charge in [0.2, 0.25) is 5.91 Å². The Labute approximate surface area is 257 Å². The third kappa shape index (κ3) is 6.34. The first-order valence-corrected chi connectivity index (χ1v) is 15.3. The molecular weight excluding hydrogens is 554 g/mol. The van der Waals surface area contributed by atoms with E-state index in [-0.39, 0.29) is 29.9 Å². The highest BCUT2D eigenvalue weighted by atomic mass is 16.6. The van der Waals surface area contributed by atoms with Gasteiger partial charge in [-0.1, -0.05) is 48.5 Å². The summed E-state index contributed by atoms with van der Waals surface area (Å²) in [7, 11) is 1.35. The van der Waals surface area contributed by atoms with E-state index in [0.29, 0.717) is 28.7 Å². The zero-order valence-corrected chi connectivity index (χ0v) is 25.7. The van der Waals surface area contributed by atoms with Gasteiger partial charge in [-0.15, -0.1) is 0 Å². The first-order valence-electron chi connectivity index (χ1n) is 15.3. The molecule has 2 amide bonds. The SMILES string of the molecule is COC(=O)c1cc(NC(=O)[C@@H]2C[C@H]2c2ccccc2)cc2[nH]c(-c3cccc(CN(C(=O)OC(C)(C)C)C4CCC4)c3)cc12. The highest BCUT2D eigenvalue weighted by molar-refractivity contribution is 6.08. The number of amides is 2. The standard InChI is InChI=1S/C36H39N3O5/c1-36(2,3)44-35(42)39(26-14-9-15-26)21-22-10-8-13-24(16-22)31-20-28-30(34(41)43-4)17-25(18-32(28)38-31)37-33(40)29-19-27(29)23-11-6-5-7-12-23/h5-8,10-13,16-18,20,26-27,29,38H,9,14-15,19,21H2,1-4H3,(H,37,40)/t27-,29+/m0/s1. The van der Waals surface area contributed by atoms with Crippen LogP contribution in [0.15, 0.2) is 72.8 Å². The van der Waals surface area contributed by atoms with Crippen LogP contribution in [0.1, 0.15) is 73.9 Å². The Hall–Kier alpha value is -4.59. The number of methoxy groups -OCH3 is 1. The number of H-pyrrole nitrogens is 1. The smallest absolute Gasteiger partial charge is 0.410 e. The number of fused-ring (bicyclic) bond motifs is 1. The minimum Gasteiger partial charge on any atom is -0.465 e. The number of anilines is 1. The van der Waals surface area contributed by atoms with E-state index < -0.39 is 11.6 Å². The molecule has 2 aliphatic rings. The summed E-state index contributed by atoms with van der Waals surface area (Å²) < 4.78 is 10.8. The van der Waals surface area contributed by atoms with Crippen LogP contribution in [0.25, 0.3) is 22.2 Å². The number of hydrogen-bond donors (Lipinski definition) is 2. The van der Waals surface area contributed by atoms with Gasteiger partial charge in [0.15, 0.2) is 0 Å². The van der Waals surface area contributed by atoms with Crippen LogP contribution in [-0.2, 0) is 20.8 Å². The number of ether oxygens (including phenoxy) is 2. The molecule has 1 heterocycles. The topological polar surface area (TPSA) is 101 Å². The van der Waals surface area contributed by atoms with Gasteiger partial charge in [-0.25, -0.2) is 9.59 Å². The van der Waals surface area contributed by atoms with Gasteiger partial charge in [-0.2, -0.15) is 0 Å². The molecule has 0 unspecified atom stereocenters. The van der Waals surface area contributed by atoms with E-state index in [0.717, 1.165) is 48.1 Å². The Kier molecular flexibility index (Phi) is 7.93. The summed E-state index contributed by atoms with van der Waals surface area (Å²) in [5, 5.41) is 3.73. The number of rotatable bonds is 8. The van der Waals surface area contributed by atoms with Crippen molar-refractivity contribution in [3.63, 3.8) is 0 Å². The molecule has 2 saturated carbocycles. The number of carbonyl (C=O) groups excluding carboxylic acids is 3. The van der Waals surface area contributed by atoms with E-state index in [1.807, 2.05) is 74.2 Å². The maximum absolute atomic E-state index is 13.1. The van der Waals surface area contributed by atoms with E-state index in [9.17, 15) is 14.4 Å². The molecule has 0 radical (unpaired) electrons. The largest absolute Gasteiger partial charge is 0.465 e. The Balaban J connectivity index is 1.25. The summed E-state index contributed by atoms with van der Waals surface area (Å²) in [5.74, 6) is -0.432. The molecule has 0 bridgehead atoms. The van der Waals surface area contributed by atoms with Crippen LogP contribution in [0.4, 0.5) is 10.5 Å². The highest BCUT2D eigenvalue weighted by Crippen LogP contribution is 2.48. The second-order valence-electron chi connectivity index (χ2n) is 12.9. The first-order chi connectivity index (χ1) is 21.1. The summed E-state index contributed by atoms with van der Waals surface area (Å²) in [6, 6.07) is 23.7. The average Bonchev–Trinajstić information content (AvgIpc) is 3.66. The minimum atomic E-state index is -0.566. The van der Waals surface area contributed by atoms with Crippen LogP contribution in [-0.4, -0.2) is 46.6 Å². The monoisotopic (exact) mass is 593 g/mol. The Bertz CT molecular complexity index is 1700. The predicted molar refractivity (Wildman–Crippen MR) is 170 cm³/mol. The lowest BCUT2D eigenvalue weighted by atomic mass is 9.91. The van der Waals surface area contributed by atoms with Gasteiger partial charge >= 0.3 is 12.1 Å². The summed E-state index contributed by atoms with van der Waals surface area (Å²) in [6.45, 7) is 6.09. The summed E-state index contributed by atoms with van der Waals surface area (Å²) >= 11 is 0. The molecule has 0 aliphatic heterocycles. The van der Waals surface area contributed by atoms with Gasteiger partial charge in [0.25, 0.3) is 0 Å². The quantitative estimate of drug-likeness (QED) is 0.204. The molecule has 0 saturated heterocycles. The van der Waals surface area contributed by atoms with Gasteiger partial charge in [0.1, 0.15) is 5.60 Å². The van der Waals surface area contributed by atoms with Gasteiger partial charge in [0.05, 0.1) is 12.7 Å². The zero-order chi connectivity index (χ0) is 31.0. The van der Waals surface area contributed by atoms with Crippen LogP contribution in [0.5, 0.6) is 0 Å². The molecule has 228 valence electrons. The van der Waals surface area contributed by atoms with Crippen LogP contribution in [0.2, 0.25) is 0 Å². The second-order valence-corrected chi connectivity index (χ2v) is 12.9. The second kappa shape index (κ2) is 11.8. The first kappa shape index (κ1) is 29.5. The van der Waals surface area contributed by atoms with Crippen LogP contribution < -0.4 is 5.32 Å². The summed E-state index contributed by atoms with van der Waals surface area (Å²) in [5.41, 5.74) is 4.93. The van der Waals surface area contributed by atoms with E-state index >= 15 is 0 Å². The summed E-state index contributed by atoms with van der Waals surface area (Å²) in [4.78, 5) is 44.3. The zero-order valence-electron chi connectivity index (χ0n) is 25.7. The highest BCUT2D eigenvalue weighted by Gasteiger charge is 2.44. The lowest BCUT2D eigenvalue weighted by Crippen LogP contribution is -2.46. The van der Waals surface area contributed by atoms with E-state index in [1.54, 1.807) is 6.07 Å². The van der Waals surface area contributed by atoms with Gasteiger partial charge in [-0.05, 0) is 93.3 Å². The molecular formula is C36H39N3O5. The van der Waals surface area contributed by atoms with Gasteiger partial charge in [-0.3, -0.25) is 4.79 Å².